The summed E-state index contributed by atoms with van der Waals surface area (Å²) < 4.78 is 18.6. The SMILES string of the molecule is CCCC[C@H](N)C(=O)N1CCOC(c2ccc(F)cc2)C1. The van der Waals surface area contributed by atoms with Crippen LogP contribution >= 0.6 is 0 Å². The van der Waals surface area contributed by atoms with E-state index in [4.69, 9.17) is 10.5 Å². The second kappa shape index (κ2) is 7.52. The van der Waals surface area contributed by atoms with Gasteiger partial charge in [0.25, 0.3) is 0 Å². The number of hydrogen-bond donors (Lipinski definition) is 1. The Kier molecular flexibility index (Phi) is 5.70. The molecule has 0 aromatic heterocycles. The molecule has 5 heteroatoms. The molecule has 1 aliphatic heterocycles. The summed E-state index contributed by atoms with van der Waals surface area (Å²) >= 11 is 0. The van der Waals surface area contributed by atoms with Crippen LogP contribution in [0.2, 0.25) is 0 Å². The Labute approximate surface area is 125 Å². The quantitative estimate of drug-likeness (QED) is 0.906. The van der Waals surface area contributed by atoms with E-state index in [2.05, 4.69) is 6.92 Å². The maximum Gasteiger partial charge on any atom is 0.239 e. The number of nitrogens with two attached hydrogens (primary N) is 1. The first-order valence-corrected chi connectivity index (χ1v) is 7.53. The van der Waals surface area contributed by atoms with Crippen LogP contribution in [0, 0.1) is 5.82 Å². The molecule has 2 atom stereocenters. The van der Waals surface area contributed by atoms with Crippen molar-refractivity contribution in [3.8, 4) is 0 Å². The molecule has 0 saturated carbocycles. The molecule has 1 amide bonds. The standard InChI is InChI=1S/C16H23FN2O2/c1-2-3-4-14(18)16(20)19-9-10-21-15(11-19)12-5-7-13(17)8-6-12/h5-8,14-15H,2-4,9-11,18H2,1H3/t14-,15?/m0/s1. The molecule has 4 nitrogen and oxygen atoms in total. The highest BCUT2D eigenvalue weighted by molar-refractivity contribution is 5.81. The molecule has 1 unspecified atom stereocenters. The number of carbonyl (C=O) groups excluding carboxylic acids is 1. The number of rotatable bonds is 5. The average Bonchev–Trinajstić information content (AvgIpc) is 2.52. The number of benzene rings is 1. The first-order valence-electron chi connectivity index (χ1n) is 7.53. The molecule has 2 N–H and O–H groups in total. The van der Waals surface area contributed by atoms with E-state index < -0.39 is 6.04 Å². The zero-order chi connectivity index (χ0) is 15.2. The normalized spacial score (nSPS) is 20.3. The lowest BCUT2D eigenvalue weighted by Crippen LogP contribution is -2.49. The fraction of sp³-hybridized carbons (Fsp3) is 0.562. The van der Waals surface area contributed by atoms with E-state index in [0.717, 1.165) is 18.4 Å². The largest absolute Gasteiger partial charge is 0.370 e. The Morgan fingerprint density at radius 3 is 2.86 bits per heavy atom. The minimum Gasteiger partial charge on any atom is -0.370 e. The molecule has 21 heavy (non-hydrogen) atoms. The molecule has 0 aliphatic carbocycles. The van der Waals surface area contributed by atoms with Gasteiger partial charge in [-0.3, -0.25) is 4.79 Å². The molecule has 1 fully saturated rings. The summed E-state index contributed by atoms with van der Waals surface area (Å²) in [4.78, 5) is 14.1. The summed E-state index contributed by atoms with van der Waals surface area (Å²) in [5, 5.41) is 0. The zero-order valence-electron chi connectivity index (χ0n) is 12.4. The van der Waals surface area contributed by atoms with Crippen LogP contribution in [0.4, 0.5) is 4.39 Å². The predicted octanol–water partition coefficient (Wildman–Crippen LogP) is 2.24. The van der Waals surface area contributed by atoms with E-state index in [1.807, 2.05) is 0 Å². The van der Waals surface area contributed by atoms with Crippen LogP contribution < -0.4 is 5.73 Å². The van der Waals surface area contributed by atoms with Crippen molar-refractivity contribution in [1.82, 2.24) is 4.90 Å². The van der Waals surface area contributed by atoms with E-state index in [-0.39, 0.29) is 17.8 Å². The number of unbranched alkanes of at least 4 members (excludes halogenated alkanes) is 1. The van der Waals surface area contributed by atoms with Gasteiger partial charge in [0.1, 0.15) is 11.9 Å². The third kappa shape index (κ3) is 4.25. The highest BCUT2D eigenvalue weighted by Gasteiger charge is 2.28. The Morgan fingerprint density at radius 2 is 2.19 bits per heavy atom. The lowest BCUT2D eigenvalue weighted by molar-refractivity contribution is -0.140. The second-order valence-corrected chi connectivity index (χ2v) is 5.44. The van der Waals surface area contributed by atoms with Crippen LogP contribution in [0.25, 0.3) is 0 Å². The summed E-state index contributed by atoms with van der Waals surface area (Å²) in [5.74, 6) is -0.289. The van der Waals surface area contributed by atoms with Gasteiger partial charge in [-0.15, -0.1) is 0 Å². The Morgan fingerprint density at radius 1 is 1.48 bits per heavy atom. The van der Waals surface area contributed by atoms with Gasteiger partial charge in [0.05, 0.1) is 19.2 Å². The number of carbonyl (C=O) groups is 1. The molecular weight excluding hydrogens is 271 g/mol. The van der Waals surface area contributed by atoms with Crippen molar-refractivity contribution in [3.05, 3.63) is 35.6 Å². The summed E-state index contributed by atoms with van der Waals surface area (Å²) in [6.07, 6.45) is 2.50. The van der Waals surface area contributed by atoms with E-state index in [1.54, 1.807) is 17.0 Å². The lowest BCUT2D eigenvalue weighted by atomic mass is 10.1. The smallest absolute Gasteiger partial charge is 0.239 e. The van der Waals surface area contributed by atoms with Gasteiger partial charge in [-0.05, 0) is 24.1 Å². The number of morpholine rings is 1. The molecule has 0 spiro atoms. The monoisotopic (exact) mass is 294 g/mol. The van der Waals surface area contributed by atoms with Gasteiger partial charge in [0.15, 0.2) is 0 Å². The van der Waals surface area contributed by atoms with E-state index in [1.165, 1.54) is 12.1 Å². The number of halogens is 1. The minimum absolute atomic E-state index is 0.0149. The van der Waals surface area contributed by atoms with Gasteiger partial charge in [-0.25, -0.2) is 4.39 Å². The fourth-order valence-electron chi connectivity index (χ4n) is 2.51. The maximum absolute atomic E-state index is 13.0. The third-order valence-electron chi connectivity index (χ3n) is 3.81. The van der Waals surface area contributed by atoms with Crippen molar-refractivity contribution in [2.45, 2.75) is 38.3 Å². The van der Waals surface area contributed by atoms with Crippen molar-refractivity contribution < 1.29 is 13.9 Å². The van der Waals surface area contributed by atoms with E-state index in [0.29, 0.717) is 26.1 Å². The third-order valence-corrected chi connectivity index (χ3v) is 3.81. The summed E-state index contributed by atoms with van der Waals surface area (Å²) in [5.41, 5.74) is 6.84. The summed E-state index contributed by atoms with van der Waals surface area (Å²) in [6, 6.07) is 5.78. The topological polar surface area (TPSA) is 55.6 Å². The highest BCUT2D eigenvalue weighted by Crippen LogP contribution is 2.23. The Balaban J connectivity index is 1.97. The predicted molar refractivity (Wildman–Crippen MR) is 79.2 cm³/mol. The molecular formula is C16H23FN2O2. The molecule has 1 saturated heterocycles. The van der Waals surface area contributed by atoms with Crippen LogP contribution in [-0.4, -0.2) is 36.5 Å². The molecule has 1 aromatic rings. The van der Waals surface area contributed by atoms with Crippen LogP contribution in [-0.2, 0) is 9.53 Å². The minimum atomic E-state index is -0.433. The van der Waals surface area contributed by atoms with Crippen LogP contribution in [0.3, 0.4) is 0 Å². The number of amides is 1. The molecule has 1 heterocycles. The van der Waals surface area contributed by atoms with Gasteiger partial charge in [0, 0.05) is 6.54 Å². The van der Waals surface area contributed by atoms with Gasteiger partial charge in [-0.1, -0.05) is 31.9 Å². The van der Waals surface area contributed by atoms with Crippen LogP contribution in [0.15, 0.2) is 24.3 Å². The number of nitrogens with zero attached hydrogens (tertiary/aromatic N) is 1. The van der Waals surface area contributed by atoms with Crippen molar-refractivity contribution in [1.29, 1.82) is 0 Å². The Bertz CT molecular complexity index is 464. The van der Waals surface area contributed by atoms with E-state index >= 15 is 0 Å². The van der Waals surface area contributed by atoms with E-state index in [9.17, 15) is 9.18 Å². The molecule has 116 valence electrons. The second-order valence-electron chi connectivity index (χ2n) is 5.44. The van der Waals surface area contributed by atoms with Crippen molar-refractivity contribution in [2.24, 2.45) is 5.73 Å². The Hall–Kier alpha value is -1.46. The van der Waals surface area contributed by atoms with Crippen molar-refractivity contribution >= 4 is 5.91 Å². The van der Waals surface area contributed by atoms with Crippen molar-refractivity contribution in [3.63, 3.8) is 0 Å². The molecule has 1 aromatic carbocycles. The molecule has 0 bridgehead atoms. The zero-order valence-corrected chi connectivity index (χ0v) is 12.4. The average molecular weight is 294 g/mol. The maximum atomic E-state index is 13.0. The van der Waals surface area contributed by atoms with Gasteiger partial charge < -0.3 is 15.4 Å². The lowest BCUT2D eigenvalue weighted by Gasteiger charge is -2.34. The van der Waals surface area contributed by atoms with Crippen LogP contribution in [0.5, 0.6) is 0 Å². The first-order chi connectivity index (χ1) is 10.1. The molecule has 1 aliphatic rings. The van der Waals surface area contributed by atoms with Gasteiger partial charge in [0.2, 0.25) is 5.91 Å². The van der Waals surface area contributed by atoms with Crippen LogP contribution in [0.1, 0.15) is 37.9 Å². The highest BCUT2D eigenvalue weighted by atomic mass is 19.1. The summed E-state index contributed by atoms with van der Waals surface area (Å²) in [7, 11) is 0. The van der Waals surface area contributed by atoms with Crippen molar-refractivity contribution in [2.75, 3.05) is 19.7 Å². The molecule has 0 radical (unpaired) electrons. The van der Waals surface area contributed by atoms with Gasteiger partial charge in [-0.2, -0.15) is 0 Å². The van der Waals surface area contributed by atoms with Gasteiger partial charge >= 0.3 is 0 Å². The summed E-state index contributed by atoms with van der Waals surface area (Å²) in [6.45, 7) is 3.60. The first kappa shape index (κ1) is 15.9. The number of ether oxygens (including phenoxy) is 1. The molecule has 2 rings (SSSR count). The number of hydrogen-bond acceptors (Lipinski definition) is 3. The fourth-order valence-corrected chi connectivity index (χ4v) is 2.51.